The quantitative estimate of drug-likeness (QED) is 0.591. The van der Waals surface area contributed by atoms with Gasteiger partial charge in [0, 0.05) is 43.1 Å². The number of anilines is 1. The average Bonchev–Trinajstić information content (AvgIpc) is 2.68. The van der Waals surface area contributed by atoms with Crippen LogP contribution in [0, 0.1) is 16.0 Å². The van der Waals surface area contributed by atoms with Crippen molar-refractivity contribution in [1.29, 1.82) is 0 Å². The third kappa shape index (κ3) is 4.81. The van der Waals surface area contributed by atoms with Crippen LogP contribution >= 0.6 is 0 Å². The van der Waals surface area contributed by atoms with Crippen molar-refractivity contribution in [2.24, 2.45) is 5.92 Å². The Morgan fingerprint density at radius 1 is 1.14 bits per heavy atom. The molecule has 1 N–H and O–H groups in total. The summed E-state index contributed by atoms with van der Waals surface area (Å²) in [5, 5.41) is 14.3. The van der Waals surface area contributed by atoms with E-state index in [2.05, 4.69) is 5.32 Å². The van der Waals surface area contributed by atoms with E-state index in [4.69, 9.17) is 0 Å². The SMILES string of the molecule is CS(=O)(=O)c1cc(N2CCC(NC(=O)C3CCCCC3)CC2)ccc1[N+](=O)[O-]. The van der Waals surface area contributed by atoms with Gasteiger partial charge in [-0.25, -0.2) is 8.42 Å². The molecule has 0 unspecified atom stereocenters. The molecule has 0 aromatic heterocycles. The van der Waals surface area contributed by atoms with E-state index in [1.165, 1.54) is 18.6 Å². The Morgan fingerprint density at radius 2 is 1.79 bits per heavy atom. The van der Waals surface area contributed by atoms with Gasteiger partial charge in [-0.15, -0.1) is 0 Å². The van der Waals surface area contributed by atoms with E-state index in [1.807, 2.05) is 4.90 Å². The summed E-state index contributed by atoms with van der Waals surface area (Å²) in [4.78, 5) is 24.6. The zero-order chi connectivity index (χ0) is 20.3. The first kappa shape index (κ1) is 20.6. The Balaban J connectivity index is 1.63. The van der Waals surface area contributed by atoms with Gasteiger partial charge in [-0.05, 0) is 37.8 Å². The van der Waals surface area contributed by atoms with E-state index in [0.29, 0.717) is 18.8 Å². The van der Waals surface area contributed by atoms with Crippen molar-refractivity contribution in [3.63, 3.8) is 0 Å². The maximum Gasteiger partial charge on any atom is 0.288 e. The van der Waals surface area contributed by atoms with Crippen LogP contribution in [-0.4, -0.2) is 44.6 Å². The van der Waals surface area contributed by atoms with Crippen molar-refractivity contribution < 1.29 is 18.1 Å². The second kappa shape index (κ2) is 8.46. The fourth-order valence-electron chi connectivity index (χ4n) is 4.11. The lowest BCUT2D eigenvalue weighted by Crippen LogP contribution is -2.46. The van der Waals surface area contributed by atoms with E-state index in [9.17, 15) is 23.3 Å². The van der Waals surface area contributed by atoms with E-state index >= 15 is 0 Å². The summed E-state index contributed by atoms with van der Waals surface area (Å²) in [6.45, 7) is 1.33. The molecule has 9 heteroatoms. The molecular formula is C19H27N3O5S. The van der Waals surface area contributed by atoms with E-state index < -0.39 is 20.4 Å². The number of rotatable bonds is 5. The van der Waals surface area contributed by atoms with E-state index in [1.54, 1.807) is 6.07 Å². The van der Waals surface area contributed by atoms with Crippen LogP contribution in [0.5, 0.6) is 0 Å². The standard InChI is InChI=1S/C19H27N3O5S/c1-28(26,27)18-13-16(7-8-17(18)22(24)25)21-11-9-15(10-12-21)20-19(23)14-5-3-2-4-6-14/h7-8,13-15H,2-6,9-12H2,1H3,(H,20,23). The molecule has 0 spiro atoms. The molecule has 0 radical (unpaired) electrons. The molecule has 1 aliphatic carbocycles. The topological polar surface area (TPSA) is 110 Å². The number of hydrogen-bond acceptors (Lipinski definition) is 6. The van der Waals surface area contributed by atoms with Crippen molar-refractivity contribution in [2.45, 2.75) is 55.9 Å². The molecule has 1 saturated heterocycles. The van der Waals surface area contributed by atoms with E-state index in [-0.39, 0.29) is 22.8 Å². The lowest BCUT2D eigenvalue weighted by Gasteiger charge is -2.35. The maximum absolute atomic E-state index is 12.4. The number of nitrogens with one attached hydrogen (secondary N) is 1. The van der Waals surface area contributed by atoms with Crippen LogP contribution in [0.15, 0.2) is 23.1 Å². The summed E-state index contributed by atoms with van der Waals surface area (Å²) < 4.78 is 23.9. The third-order valence-corrected chi connectivity index (χ3v) is 6.85. The highest BCUT2D eigenvalue weighted by atomic mass is 32.2. The fourth-order valence-corrected chi connectivity index (χ4v) is 4.97. The van der Waals surface area contributed by atoms with Crippen LogP contribution in [0.3, 0.4) is 0 Å². The van der Waals surface area contributed by atoms with Crippen LogP contribution < -0.4 is 10.2 Å². The molecule has 3 rings (SSSR count). The maximum atomic E-state index is 12.4. The zero-order valence-corrected chi connectivity index (χ0v) is 16.9. The van der Waals surface area contributed by atoms with Crippen molar-refractivity contribution in [2.75, 3.05) is 24.2 Å². The van der Waals surface area contributed by atoms with Gasteiger partial charge in [0.25, 0.3) is 5.69 Å². The number of piperidine rings is 1. The second-order valence-corrected chi connectivity index (χ2v) is 9.77. The summed E-state index contributed by atoms with van der Waals surface area (Å²) in [6.07, 6.45) is 7.93. The van der Waals surface area contributed by atoms with Gasteiger partial charge in [0.05, 0.1) is 4.92 Å². The Morgan fingerprint density at radius 3 is 2.36 bits per heavy atom. The number of hydrogen-bond donors (Lipinski definition) is 1. The van der Waals surface area contributed by atoms with Crippen molar-refractivity contribution >= 4 is 27.1 Å². The third-order valence-electron chi connectivity index (χ3n) is 5.72. The molecule has 0 atom stereocenters. The molecule has 28 heavy (non-hydrogen) atoms. The molecule has 0 bridgehead atoms. The molecule has 8 nitrogen and oxygen atoms in total. The van der Waals surface area contributed by atoms with Gasteiger partial charge in [-0.3, -0.25) is 14.9 Å². The van der Waals surface area contributed by atoms with Crippen LogP contribution in [0.1, 0.15) is 44.9 Å². The van der Waals surface area contributed by atoms with Crippen LogP contribution in [0.4, 0.5) is 11.4 Å². The Kier molecular flexibility index (Phi) is 6.22. The fraction of sp³-hybridized carbons (Fsp3) is 0.632. The van der Waals surface area contributed by atoms with Crippen molar-refractivity contribution in [3.05, 3.63) is 28.3 Å². The molecule has 1 aromatic carbocycles. The van der Waals surface area contributed by atoms with Gasteiger partial charge in [0.15, 0.2) is 9.84 Å². The molecule has 2 aliphatic rings. The first-order chi connectivity index (χ1) is 13.3. The minimum atomic E-state index is -3.70. The van der Waals surface area contributed by atoms with Gasteiger partial charge < -0.3 is 10.2 Å². The minimum Gasteiger partial charge on any atom is -0.371 e. The summed E-state index contributed by atoms with van der Waals surface area (Å²) in [7, 11) is -3.70. The minimum absolute atomic E-state index is 0.123. The summed E-state index contributed by atoms with van der Waals surface area (Å²) in [5.41, 5.74) is 0.254. The molecule has 2 fully saturated rings. The number of sulfone groups is 1. The molecule has 1 heterocycles. The van der Waals surface area contributed by atoms with Crippen molar-refractivity contribution in [1.82, 2.24) is 5.32 Å². The predicted octanol–water partition coefficient (Wildman–Crippen LogP) is 2.66. The number of carbonyl (C=O) groups excluding carboxylic acids is 1. The number of carbonyl (C=O) groups is 1. The largest absolute Gasteiger partial charge is 0.371 e. The van der Waals surface area contributed by atoms with Crippen LogP contribution in [0.2, 0.25) is 0 Å². The number of nitro groups is 1. The van der Waals surface area contributed by atoms with E-state index in [0.717, 1.165) is 44.8 Å². The lowest BCUT2D eigenvalue weighted by atomic mass is 9.88. The zero-order valence-electron chi connectivity index (χ0n) is 16.1. The monoisotopic (exact) mass is 409 g/mol. The van der Waals surface area contributed by atoms with Gasteiger partial charge >= 0.3 is 0 Å². The van der Waals surface area contributed by atoms with Gasteiger partial charge in [0.1, 0.15) is 4.90 Å². The Bertz CT molecular complexity index is 841. The highest BCUT2D eigenvalue weighted by Gasteiger charge is 2.28. The molecule has 1 aliphatic heterocycles. The molecule has 1 aromatic rings. The average molecular weight is 410 g/mol. The normalized spacial score (nSPS) is 19.4. The number of nitrogens with zero attached hydrogens (tertiary/aromatic N) is 2. The Labute approximate surface area is 165 Å². The summed E-state index contributed by atoms with van der Waals surface area (Å²) in [5.74, 6) is 0.298. The Hall–Kier alpha value is -2.16. The molecule has 1 saturated carbocycles. The van der Waals surface area contributed by atoms with Gasteiger partial charge in [0.2, 0.25) is 5.91 Å². The van der Waals surface area contributed by atoms with Crippen LogP contribution in [-0.2, 0) is 14.6 Å². The van der Waals surface area contributed by atoms with Crippen molar-refractivity contribution in [3.8, 4) is 0 Å². The first-order valence-electron chi connectivity index (χ1n) is 9.79. The highest BCUT2D eigenvalue weighted by molar-refractivity contribution is 7.90. The van der Waals surface area contributed by atoms with Gasteiger partial charge in [-0.2, -0.15) is 0 Å². The summed E-state index contributed by atoms with van der Waals surface area (Å²) >= 11 is 0. The number of amides is 1. The predicted molar refractivity (Wildman–Crippen MR) is 106 cm³/mol. The number of benzene rings is 1. The lowest BCUT2D eigenvalue weighted by molar-refractivity contribution is -0.387. The summed E-state index contributed by atoms with van der Waals surface area (Å²) in [6, 6.07) is 4.35. The van der Waals surface area contributed by atoms with Crippen LogP contribution in [0.25, 0.3) is 0 Å². The molecule has 154 valence electrons. The highest BCUT2D eigenvalue weighted by Crippen LogP contribution is 2.30. The molecule has 1 amide bonds. The molecular weight excluding hydrogens is 382 g/mol. The van der Waals surface area contributed by atoms with Gasteiger partial charge in [-0.1, -0.05) is 19.3 Å². The first-order valence-corrected chi connectivity index (χ1v) is 11.7. The second-order valence-electron chi connectivity index (χ2n) is 7.79. The number of nitro benzene ring substituents is 1. The smallest absolute Gasteiger partial charge is 0.288 e.